The number of thioether (sulfide) groups is 1. The van der Waals surface area contributed by atoms with E-state index in [1.165, 1.54) is 17.8 Å². The monoisotopic (exact) mass is 241 g/mol. The van der Waals surface area contributed by atoms with E-state index in [2.05, 4.69) is 5.32 Å². The molecular formula is C10H11NO4S. The number of para-hydroxylation sites is 1. The molecule has 0 bridgehead atoms. The normalized spacial score (nSPS) is 24.5. The Bertz CT molecular complexity index is 423. The van der Waals surface area contributed by atoms with Crippen LogP contribution in [0, 0.1) is 0 Å². The van der Waals surface area contributed by atoms with Gasteiger partial charge in [0.1, 0.15) is 6.04 Å². The average Bonchev–Trinajstić information content (AvgIpc) is 2.71. The van der Waals surface area contributed by atoms with Gasteiger partial charge in [0.2, 0.25) is 0 Å². The van der Waals surface area contributed by atoms with Gasteiger partial charge in [-0.15, -0.1) is 11.8 Å². The first-order valence-electron chi connectivity index (χ1n) is 4.71. The quantitative estimate of drug-likeness (QED) is 0.575. The summed E-state index contributed by atoms with van der Waals surface area (Å²) in [6.07, 6.45) is 0. The second-order valence-corrected chi connectivity index (χ2v) is 4.62. The Morgan fingerprint density at radius 1 is 1.44 bits per heavy atom. The second-order valence-electron chi connectivity index (χ2n) is 3.49. The highest BCUT2D eigenvalue weighted by atomic mass is 32.2. The fraction of sp³-hybridized carbons (Fsp3) is 0.300. The van der Waals surface area contributed by atoms with Crippen molar-refractivity contribution in [2.45, 2.75) is 11.4 Å². The lowest BCUT2D eigenvalue weighted by molar-refractivity contribution is -0.138. The van der Waals surface area contributed by atoms with E-state index < -0.39 is 12.0 Å². The van der Waals surface area contributed by atoms with Gasteiger partial charge in [-0.3, -0.25) is 10.1 Å². The standard InChI is InChI=1S/C10H11NO4S/c12-7-3-1-2-5(8(7)13)9-11-6(4-16-9)10(14)15/h1-3,6,9,11-13H,4H2,(H,14,15). The van der Waals surface area contributed by atoms with Crippen molar-refractivity contribution in [3.63, 3.8) is 0 Å². The molecule has 1 aliphatic rings. The van der Waals surface area contributed by atoms with Crippen LogP contribution < -0.4 is 5.32 Å². The molecule has 2 unspecified atom stereocenters. The Kier molecular flexibility index (Phi) is 2.93. The summed E-state index contributed by atoms with van der Waals surface area (Å²) in [5, 5.41) is 30.3. The highest BCUT2D eigenvalue weighted by Crippen LogP contribution is 2.40. The lowest BCUT2D eigenvalue weighted by Gasteiger charge is -2.13. The maximum atomic E-state index is 10.7. The first-order chi connectivity index (χ1) is 7.59. The van der Waals surface area contributed by atoms with Crippen LogP contribution in [0.3, 0.4) is 0 Å². The van der Waals surface area contributed by atoms with E-state index in [0.29, 0.717) is 11.3 Å². The largest absolute Gasteiger partial charge is 0.504 e. The molecule has 0 amide bonds. The molecule has 2 atom stereocenters. The van der Waals surface area contributed by atoms with Crippen LogP contribution in [-0.2, 0) is 4.79 Å². The van der Waals surface area contributed by atoms with Crippen molar-refractivity contribution in [3.8, 4) is 11.5 Å². The fourth-order valence-corrected chi connectivity index (χ4v) is 2.81. The minimum absolute atomic E-state index is 0.196. The summed E-state index contributed by atoms with van der Waals surface area (Å²) < 4.78 is 0. The van der Waals surface area contributed by atoms with Gasteiger partial charge in [-0.25, -0.2) is 0 Å². The Morgan fingerprint density at radius 3 is 2.81 bits per heavy atom. The molecule has 0 saturated carbocycles. The molecule has 0 spiro atoms. The number of carbonyl (C=O) groups is 1. The van der Waals surface area contributed by atoms with Crippen molar-refractivity contribution in [3.05, 3.63) is 23.8 Å². The van der Waals surface area contributed by atoms with Gasteiger partial charge in [0.15, 0.2) is 11.5 Å². The number of phenols is 2. The number of carboxylic acids is 1. The molecule has 1 fully saturated rings. The lowest BCUT2D eigenvalue weighted by Crippen LogP contribution is -2.33. The number of carboxylic acid groups (broad SMARTS) is 1. The molecule has 86 valence electrons. The fourth-order valence-electron chi connectivity index (χ4n) is 1.55. The molecule has 2 rings (SSSR count). The van der Waals surface area contributed by atoms with E-state index in [9.17, 15) is 15.0 Å². The van der Waals surface area contributed by atoms with Gasteiger partial charge in [0.05, 0.1) is 5.37 Å². The van der Waals surface area contributed by atoms with E-state index in [1.807, 2.05) is 0 Å². The van der Waals surface area contributed by atoms with Crippen LogP contribution >= 0.6 is 11.8 Å². The van der Waals surface area contributed by atoms with Crippen LogP contribution in [0.5, 0.6) is 11.5 Å². The Labute approximate surface area is 96.1 Å². The van der Waals surface area contributed by atoms with Crippen LogP contribution in [0.1, 0.15) is 10.9 Å². The zero-order valence-electron chi connectivity index (χ0n) is 8.25. The summed E-state index contributed by atoms with van der Waals surface area (Å²) in [6.45, 7) is 0. The molecule has 1 aromatic carbocycles. The summed E-state index contributed by atoms with van der Waals surface area (Å²) in [5.74, 6) is -0.860. The van der Waals surface area contributed by atoms with Gasteiger partial charge in [0.25, 0.3) is 0 Å². The van der Waals surface area contributed by atoms with Crippen LogP contribution in [0.4, 0.5) is 0 Å². The zero-order valence-corrected chi connectivity index (χ0v) is 9.07. The van der Waals surface area contributed by atoms with Crippen molar-refractivity contribution >= 4 is 17.7 Å². The highest BCUT2D eigenvalue weighted by Gasteiger charge is 2.31. The average molecular weight is 241 g/mol. The number of hydrogen-bond donors (Lipinski definition) is 4. The maximum Gasteiger partial charge on any atom is 0.321 e. The molecule has 1 aliphatic heterocycles. The Balaban J connectivity index is 2.21. The zero-order chi connectivity index (χ0) is 11.7. The number of phenolic OH excluding ortho intramolecular Hbond substituents is 2. The van der Waals surface area contributed by atoms with E-state index in [0.717, 1.165) is 0 Å². The first kappa shape index (κ1) is 11.1. The molecule has 0 aromatic heterocycles. The van der Waals surface area contributed by atoms with Gasteiger partial charge in [-0.1, -0.05) is 12.1 Å². The van der Waals surface area contributed by atoms with Gasteiger partial charge < -0.3 is 15.3 Å². The molecule has 6 heteroatoms. The first-order valence-corrected chi connectivity index (χ1v) is 5.76. The van der Waals surface area contributed by atoms with Crippen LogP contribution in [-0.4, -0.2) is 33.1 Å². The topological polar surface area (TPSA) is 89.8 Å². The summed E-state index contributed by atoms with van der Waals surface area (Å²) in [5.41, 5.74) is 0.508. The SMILES string of the molecule is O=C(O)C1CSC(c2cccc(O)c2O)N1. The highest BCUT2D eigenvalue weighted by molar-refractivity contribution is 7.99. The van der Waals surface area contributed by atoms with Crippen molar-refractivity contribution in [1.82, 2.24) is 5.32 Å². The summed E-state index contributed by atoms with van der Waals surface area (Å²) >= 11 is 1.39. The predicted octanol–water partition coefficient (Wildman–Crippen LogP) is 0.886. The van der Waals surface area contributed by atoms with Crippen molar-refractivity contribution < 1.29 is 20.1 Å². The maximum absolute atomic E-state index is 10.7. The summed E-state index contributed by atoms with van der Waals surface area (Å²) in [6, 6.07) is 4.04. The number of hydrogen-bond acceptors (Lipinski definition) is 5. The third kappa shape index (κ3) is 1.94. The van der Waals surface area contributed by atoms with Gasteiger partial charge >= 0.3 is 5.97 Å². The van der Waals surface area contributed by atoms with Crippen LogP contribution in [0.25, 0.3) is 0 Å². The molecule has 4 N–H and O–H groups in total. The van der Waals surface area contributed by atoms with Gasteiger partial charge in [-0.2, -0.15) is 0 Å². The Hall–Kier alpha value is -1.40. The number of rotatable bonds is 2. The van der Waals surface area contributed by atoms with Crippen molar-refractivity contribution in [1.29, 1.82) is 0 Å². The van der Waals surface area contributed by atoms with Gasteiger partial charge in [0, 0.05) is 11.3 Å². The Morgan fingerprint density at radius 2 is 2.19 bits per heavy atom. The third-order valence-corrected chi connectivity index (χ3v) is 3.66. The third-order valence-electron chi connectivity index (χ3n) is 2.41. The number of aromatic hydroxyl groups is 2. The molecule has 0 radical (unpaired) electrons. The van der Waals surface area contributed by atoms with Crippen molar-refractivity contribution in [2.75, 3.05) is 5.75 Å². The lowest BCUT2D eigenvalue weighted by atomic mass is 10.1. The van der Waals surface area contributed by atoms with E-state index in [4.69, 9.17) is 5.11 Å². The van der Waals surface area contributed by atoms with Crippen molar-refractivity contribution in [2.24, 2.45) is 0 Å². The van der Waals surface area contributed by atoms with Gasteiger partial charge in [-0.05, 0) is 6.07 Å². The minimum atomic E-state index is -0.908. The molecular weight excluding hydrogens is 230 g/mol. The molecule has 5 nitrogen and oxygen atoms in total. The van der Waals surface area contributed by atoms with Crippen LogP contribution in [0.2, 0.25) is 0 Å². The molecule has 1 saturated heterocycles. The molecule has 0 aliphatic carbocycles. The second kappa shape index (κ2) is 4.23. The molecule has 16 heavy (non-hydrogen) atoms. The van der Waals surface area contributed by atoms with E-state index in [-0.39, 0.29) is 16.9 Å². The molecule has 1 aromatic rings. The van der Waals surface area contributed by atoms with E-state index >= 15 is 0 Å². The van der Waals surface area contributed by atoms with E-state index in [1.54, 1.807) is 12.1 Å². The summed E-state index contributed by atoms with van der Waals surface area (Å²) in [7, 11) is 0. The predicted molar refractivity (Wildman–Crippen MR) is 59.5 cm³/mol. The summed E-state index contributed by atoms with van der Waals surface area (Å²) in [4.78, 5) is 10.7. The van der Waals surface area contributed by atoms with Crippen LogP contribution in [0.15, 0.2) is 18.2 Å². The minimum Gasteiger partial charge on any atom is -0.504 e. The smallest absolute Gasteiger partial charge is 0.321 e. The molecule has 1 heterocycles. The number of aliphatic carboxylic acids is 1. The number of benzene rings is 1. The number of nitrogens with one attached hydrogen (secondary N) is 1.